The van der Waals surface area contributed by atoms with Crippen LogP contribution in [0.25, 0.3) is 21.7 Å². The lowest BCUT2D eigenvalue weighted by Gasteiger charge is -2.12. The van der Waals surface area contributed by atoms with Crippen LogP contribution >= 0.6 is 11.3 Å². The van der Waals surface area contributed by atoms with Gasteiger partial charge in [0.1, 0.15) is 16.3 Å². The van der Waals surface area contributed by atoms with Gasteiger partial charge in [-0.2, -0.15) is 0 Å². The van der Waals surface area contributed by atoms with Gasteiger partial charge < -0.3 is 5.11 Å². The fraction of sp³-hybridized carbons (Fsp3) is 0.0526. The minimum atomic E-state index is -1.18. The number of halogens is 1. The highest BCUT2D eigenvalue weighted by atomic mass is 32.1. The summed E-state index contributed by atoms with van der Waals surface area (Å²) >= 11 is 1.10. The number of carboxylic acid groups (broad SMARTS) is 1. The van der Waals surface area contributed by atoms with E-state index in [0.29, 0.717) is 21.9 Å². The largest absolute Gasteiger partial charge is 0.478 e. The number of carbonyl (C=O) groups is 1. The fourth-order valence-corrected chi connectivity index (χ4v) is 3.69. The van der Waals surface area contributed by atoms with E-state index in [1.54, 1.807) is 36.5 Å². The number of benzene rings is 1. The molecule has 0 spiro atoms. The van der Waals surface area contributed by atoms with Gasteiger partial charge in [-0.05, 0) is 29.8 Å². The number of fused-ring (bicyclic) bond motifs is 1. The quantitative estimate of drug-likeness (QED) is 0.586. The van der Waals surface area contributed by atoms with Crippen molar-refractivity contribution in [3.63, 3.8) is 0 Å². The molecule has 0 saturated carbocycles. The zero-order chi connectivity index (χ0) is 19.0. The van der Waals surface area contributed by atoms with E-state index in [9.17, 15) is 19.1 Å². The van der Waals surface area contributed by atoms with Gasteiger partial charge >= 0.3 is 5.97 Å². The molecule has 6 nitrogen and oxygen atoms in total. The highest BCUT2D eigenvalue weighted by Crippen LogP contribution is 2.25. The first-order chi connectivity index (χ1) is 13.0. The number of aromatic carboxylic acids is 1. The van der Waals surface area contributed by atoms with Gasteiger partial charge in [-0.25, -0.2) is 14.2 Å². The Labute approximate surface area is 156 Å². The average Bonchev–Trinajstić information content (AvgIpc) is 3.11. The minimum absolute atomic E-state index is 0.0642. The van der Waals surface area contributed by atoms with Gasteiger partial charge in [-0.15, -0.1) is 11.3 Å². The van der Waals surface area contributed by atoms with Crippen LogP contribution in [0.4, 0.5) is 4.39 Å². The Hall–Kier alpha value is -3.39. The lowest BCUT2D eigenvalue weighted by molar-refractivity contribution is 0.0699. The molecule has 0 fully saturated rings. The Bertz CT molecular complexity index is 1200. The number of hydrogen-bond donors (Lipinski definition) is 1. The highest BCUT2D eigenvalue weighted by Gasteiger charge is 2.20. The molecule has 0 amide bonds. The highest BCUT2D eigenvalue weighted by molar-refractivity contribution is 7.17. The molecule has 0 aliphatic rings. The summed E-state index contributed by atoms with van der Waals surface area (Å²) in [4.78, 5) is 33.7. The molecule has 4 rings (SSSR count). The number of pyridine rings is 1. The molecule has 0 saturated heterocycles. The summed E-state index contributed by atoms with van der Waals surface area (Å²) in [6.07, 6.45) is 1.59. The Morgan fingerprint density at radius 2 is 1.96 bits per heavy atom. The Balaban J connectivity index is 1.98. The summed E-state index contributed by atoms with van der Waals surface area (Å²) < 4.78 is 14.6. The third-order valence-electron chi connectivity index (χ3n) is 4.07. The second-order valence-corrected chi connectivity index (χ2v) is 6.66. The van der Waals surface area contributed by atoms with E-state index in [1.165, 1.54) is 22.1 Å². The van der Waals surface area contributed by atoms with E-state index >= 15 is 0 Å². The van der Waals surface area contributed by atoms with Crippen molar-refractivity contribution in [3.8, 4) is 11.5 Å². The fourth-order valence-electron chi connectivity index (χ4n) is 2.79. The van der Waals surface area contributed by atoms with Gasteiger partial charge in [0, 0.05) is 11.6 Å². The van der Waals surface area contributed by atoms with E-state index in [2.05, 4.69) is 9.97 Å². The maximum absolute atomic E-state index is 13.2. The molecule has 4 aromatic rings. The van der Waals surface area contributed by atoms with Crippen LogP contribution in [-0.4, -0.2) is 25.6 Å². The van der Waals surface area contributed by atoms with Crippen molar-refractivity contribution >= 4 is 27.5 Å². The average molecular weight is 381 g/mol. The summed E-state index contributed by atoms with van der Waals surface area (Å²) in [5.74, 6) is -1.23. The summed E-state index contributed by atoms with van der Waals surface area (Å²) in [6, 6.07) is 11.0. The topological polar surface area (TPSA) is 85.1 Å². The molecule has 0 bridgehead atoms. The van der Waals surface area contributed by atoms with Crippen LogP contribution in [0.5, 0.6) is 0 Å². The summed E-state index contributed by atoms with van der Waals surface area (Å²) in [5.41, 5.74) is 0.629. The number of carboxylic acids is 1. The molecule has 1 N–H and O–H groups in total. The van der Waals surface area contributed by atoms with E-state index in [4.69, 9.17) is 0 Å². The van der Waals surface area contributed by atoms with Gasteiger partial charge in [0.05, 0.1) is 17.5 Å². The van der Waals surface area contributed by atoms with Crippen molar-refractivity contribution in [3.05, 3.63) is 81.3 Å². The van der Waals surface area contributed by atoms with E-state index in [0.717, 1.165) is 11.3 Å². The van der Waals surface area contributed by atoms with E-state index in [-0.39, 0.29) is 23.3 Å². The van der Waals surface area contributed by atoms with E-state index < -0.39 is 11.5 Å². The van der Waals surface area contributed by atoms with Crippen molar-refractivity contribution in [1.29, 1.82) is 0 Å². The predicted molar refractivity (Wildman–Crippen MR) is 99.6 cm³/mol. The van der Waals surface area contributed by atoms with Crippen LogP contribution in [0.1, 0.15) is 15.9 Å². The summed E-state index contributed by atoms with van der Waals surface area (Å²) in [7, 11) is 0. The Morgan fingerprint density at radius 3 is 2.63 bits per heavy atom. The van der Waals surface area contributed by atoms with Gasteiger partial charge in [0.25, 0.3) is 5.56 Å². The van der Waals surface area contributed by atoms with Crippen LogP contribution in [0.15, 0.2) is 58.8 Å². The molecule has 3 aromatic heterocycles. The van der Waals surface area contributed by atoms with Crippen LogP contribution in [0.2, 0.25) is 0 Å². The van der Waals surface area contributed by atoms with Gasteiger partial charge in [-0.3, -0.25) is 14.3 Å². The lowest BCUT2D eigenvalue weighted by atomic mass is 10.2. The van der Waals surface area contributed by atoms with Crippen molar-refractivity contribution < 1.29 is 14.3 Å². The lowest BCUT2D eigenvalue weighted by Crippen LogP contribution is -2.25. The van der Waals surface area contributed by atoms with Crippen LogP contribution in [-0.2, 0) is 6.54 Å². The molecule has 8 heteroatoms. The summed E-state index contributed by atoms with van der Waals surface area (Å²) in [5, 5.41) is 10.8. The van der Waals surface area contributed by atoms with Crippen molar-refractivity contribution in [2.45, 2.75) is 6.54 Å². The maximum atomic E-state index is 13.2. The monoisotopic (exact) mass is 381 g/mol. The molecule has 0 aliphatic heterocycles. The molecule has 0 aliphatic carbocycles. The second-order valence-electron chi connectivity index (χ2n) is 5.80. The Morgan fingerprint density at radius 1 is 1.19 bits per heavy atom. The molecule has 0 radical (unpaired) electrons. The normalized spacial score (nSPS) is 11.0. The minimum Gasteiger partial charge on any atom is -0.478 e. The van der Waals surface area contributed by atoms with Crippen molar-refractivity contribution in [1.82, 2.24) is 14.5 Å². The number of nitrogens with zero attached hydrogens (tertiary/aromatic N) is 3. The predicted octanol–water partition coefficient (Wildman–Crippen LogP) is 3.41. The molecule has 0 unspecified atom stereocenters. The zero-order valence-electron chi connectivity index (χ0n) is 13.8. The standard InChI is InChI=1S/C19H12FN3O3S/c20-12-6-4-11(5-7-12)9-23-16(14-3-1-2-8-21-14)22-17-15(18(23)24)13(10-27-17)19(25)26/h1-8,10H,9H2,(H,25,26). The van der Waals surface area contributed by atoms with Crippen LogP contribution < -0.4 is 5.56 Å². The van der Waals surface area contributed by atoms with Crippen molar-refractivity contribution in [2.75, 3.05) is 0 Å². The van der Waals surface area contributed by atoms with Gasteiger partial charge in [0.2, 0.25) is 0 Å². The number of rotatable bonds is 4. The molecule has 0 atom stereocenters. The Kier molecular flexibility index (Phi) is 4.25. The third kappa shape index (κ3) is 3.11. The SMILES string of the molecule is O=C(O)c1csc2nc(-c3ccccn3)n(Cc3ccc(F)cc3)c(=O)c12. The van der Waals surface area contributed by atoms with Gasteiger partial charge in [-0.1, -0.05) is 18.2 Å². The maximum Gasteiger partial charge on any atom is 0.337 e. The molecule has 134 valence electrons. The first kappa shape index (κ1) is 17.0. The molecular weight excluding hydrogens is 369 g/mol. The smallest absolute Gasteiger partial charge is 0.337 e. The van der Waals surface area contributed by atoms with E-state index in [1.807, 2.05) is 0 Å². The molecule has 27 heavy (non-hydrogen) atoms. The number of aromatic nitrogens is 3. The number of thiophene rings is 1. The first-order valence-electron chi connectivity index (χ1n) is 7.96. The first-order valence-corrected chi connectivity index (χ1v) is 8.84. The number of hydrogen-bond acceptors (Lipinski definition) is 5. The molecule has 1 aromatic carbocycles. The van der Waals surface area contributed by atoms with Crippen LogP contribution in [0, 0.1) is 5.82 Å². The van der Waals surface area contributed by atoms with Crippen LogP contribution in [0.3, 0.4) is 0 Å². The third-order valence-corrected chi connectivity index (χ3v) is 4.94. The molecular formula is C19H12FN3O3S. The van der Waals surface area contributed by atoms with Crippen molar-refractivity contribution in [2.24, 2.45) is 0 Å². The zero-order valence-corrected chi connectivity index (χ0v) is 14.6. The molecule has 3 heterocycles. The summed E-state index contributed by atoms with van der Waals surface area (Å²) in [6.45, 7) is 0.114. The van der Waals surface area contributed by atoms with Gasteiger partial charge in [0.15, 0.2) is 5.82 Å². The second kappa shape index (κ2) is 6.73.